The van der Waals surface area contributed by atoms with Crippen molar-refractivity contribution in [1.82, 2.24) is 14.5 Å². The van der Waals surface area contributed by atoms with Crippen molar-refractivity contribution in [2.24, 2.45) is 0 Å². The van der Waals surface area contributed by atoms with Crippen LogP contribution in [0.15, 0.2) is 61.3 Å². The van der Waals surface area contributed by atoms with Crippen LogP contribution < -0.4 is 5.73 Å². The molecule has 0 spiro atoms. The lowest BCUT2D eigenvalue weighted by atomic mass is 10.0. The van der Waals surface area contributed by atoms with Crippen molar-refractivity contribution in [3.8, 4) is 11.1 Å². The highest BCUT2D eigenvalue weighted by Gasteiger charge is 2.09. The van der Waals surface area contributed by atoms with Gasteiger partial charge in [-0.3, -0.25) is 4.98 Å². The van der Waals surface area contributed by atoms with Crippen LogP contribution in [0.2, 0.25) is 0 Å². The summed E-state index contributed by atoms with van der Waals surface area (Å²) in [6.45, 7) is 2.10. The van der Waals surface area contributed by atoms with Crippen molar-refractivity contribution >= 4 is 5.69 Å². The molecule has 4 heteroatoms. The highest BCUT2D eigenvalue weighted by molar-refractivity contribution is 5.75. The maximum atomic E-state index is 5.99. The summed E-state index contributed by atoms with van der Waals surface area (Å²) in [4.78, 5) is 8.61. The Kier molecular flexibility index (Phi) is 3.21. The predicted molar refractivity (Wildman–Crippen MR) is 80.1 cm³/mol. The number of imidazole rings is 1. The third kappa shape index (κ3) is 2.28. The van der Waals surface area contributed by atoms with Crippen LogP contribution in [0.4, 0.5) is 5.69 Å². The average Bonchev–Trinajstić information content (AvgIpc) is 3.01. The summed E-state index contributed by atoms with van der Waals surface area (Å²) in [5, 5.41) is 0. The first-order chi connectivity index (χ1) is 9.75. The summed E-state index contributed by atoms with van der Waals surface area (Å²) in [7, 11) is 0. The molecule has 0 amide bonds. The van der Waals surface area contributed by atoms with E-state index in [-0.39, 0.29) is 6.04 Å². The fourth-order valence-electron chi connectivity index (χ4n) is 2.22. The van der Waals surface area contributed by atoms with E-state index >= 15 is 0 Å². The highest BCUT2D eigenvalue weighted by atomic mass is 15.1. The van der Waals surface area contributed by atoms with Gasteiger partial charge in [0.15, 0.2) is 0 Å². The molecule has 100 valence electrons. The summed E-state index contributed by atoms with van der Waals surface area (Å²) in [5.74, 6) is 0. The number of pyridine rings is 1. The zero-order valence-corrected chi connectivity index (χ0v) is 11.3. The number of hydrogen-bond donors (Lipinski definition) is 1. The van der Waals surface area contributed by atoms with Crippen LogP contribution in [0.25, 0.3) is 11.1 Å². The molecule has 0 aliphatic rings. The molecule has 0 radical (unpaired) electrons. The van der Waals surface area contributed by atoms with Gasteiger partial charge in [-0.2, -0.15) is 0 Å². The van der Waals surface area contributed by atoms with Crippen LogP contribution in [0.5, 0.6) is 0 Å². The molecular weight excluding hydrogens is 248 g/mol. The van der Waals surface area contributed by atoms with Gasteiger partial charge in [0.2, 0.25) is 0 Å². The largest absolute Gasteiger partial charge is 0.398 e. The normalized spacial score (nSPS) is 12.2. The van der Waals surface area contributed by atoms with Crippen molar-refractivity contribution in [2.45, 2.75) is 13.0 Å². The Bertz CT molecular complexity index is 687. The number of anilines is 1. The Morgan fingerprint density at radius 1 is 1.15 bits per heavy atom. The van der Waals surface area contributed by atoms with E-state index in [1.165, 1.54) is 0 Å². The van der Waals surface area contributed by atoms with Crippen LogP contribution in [0, 0.1) is 0 Å². The molecule has 2 N–H and O–H groups in total. The van der Waals surface area contributed by atoms with Gasteiger partial charge in [0.1, 0.15) is 0 Å². The van der Waals surface area contributed by atoms with E-state index in [2.05, 4.69) is 23.0 Å². The van der Waals surface area contributed by atoms with E-state index in [4.69, 9.17) is 5.73 Å². The van der Waals surface area contributed by atoms with E-state index in [0.29, 0.717) is 0 Å². The Balaban J connectivity index is 1.90. The molecule has 1 atom stereocenters. The van der Waals surface area contributed by atoms with Gasteiger partial charge in [-0.15, -0.1) is 0 Å². The minimum atomic E-state index is 0.166. The van der Waals surface area contributed by atoms with Gasteiger partial charge >= 0.3 is 0 Å². The number of hydrogen-bond acceptors (Lipinski definition) is 3. The van der Waals surface area contributed by atoms with Crippen molar-refractivity contribution < 1.29 is 0 Å². The Morgan fingerprint density at radius 2 is 2.00 bits per heavy atom. The second kappa shape index (κ2) is 5.17. The topological polar surface area (TPSA) is 56.7 Å². The molecule has 0 fully saturated rings. The first-order valence-corrected chi connectivity index (χ1v) is 6.54. The number of para-hydroxylation sites is 1. The minimum Gasteiger partial charge on any atom is -0.398 e. The van der Waals surface area contributed by atoms with Gasteiger partial charge in [0, 0.05) is 35.4 Å². The molecule has 2 heterocycles. The average molecular weight is 264 g/mol. The number of aromatic nitrogens is 3. The lowest BCUT2D eigenvalue weighted by Gasteiger charge is -2.13. The SMILES string of the molecule is C[C@@H](c1ccc(-c2ccccc2N)cn1)n1ccnc1. The summed E-state index contributed by atoms with van der Waals surface area (Å²) >= 11 is 0. The number of nitrogens with two attached hydrogens (primary N) is 1. The van der Waals surface area contributed by atoms with Gasteiger partial charge in [-0.25, -0.2) is 4.98 Å². The third-order valence-corrected chi connectivity index (χ3v) is 3.46. The van der Waals surface area contributed by atoms with E-state index in [1.54, 1.807) is 12.5 Å². The molecule has 0 unspecified atom stereocenters. The quantitative estimate of drug-likeness (QED) is 0.739. The maximum Gasteiger partial charge on any atom is 0.0952 e. The van der Waals surface area contributed by atoms with E-state index in [9.17, 15) is 0 Å². The molecule has 0 saturated heterocycles. The molecule has 3 rings (SSSR count). The zero-order chi connectivity index (χ0) is 13.9. The van der Waals surface area contributed by atoms with Gasteiger partial charge in [-0.1, -0.05) is 24.3 Å². The fraction of sp³-hybridized carbons (Fsp3) is 0.125. The van der Waals surface area contributed by atoms with Gasteiger partial charge in [0.05, 0.1) is 18.1 Å². The number of benzene rings is 1. The molecule has 1 aromatic carbocycles. The monoisotopic (exact) mass is 264 g/mol. The van der Waals surface area contributed by atoms with E-state index in [1.807, 2.05) is 47.3 Å². The predicted octanol–water partition coefficient (Wildman–Crippen LogP) is 3.14. The van der Waals surface area contributed by atoms with E-state index in [0.717, 1.165) is 22.5 Å². The van der Waals surface area contributed by atoms with Gasteiger partial charge in [-0.05, 0) is 19.1 Å². The molecule has 4 nitrogen and oxygen atoms in total. The number of nitrogen functional groups attached to an aromatic ring is 1. The molecule has 0 saturated carbocycles. The molecular formula is C16H16N4. The van der Waals surface area contributed by atoms with Crippen molar-refractivity contribution in [3.05, 3.63) is 67.0 Å². The first kappa shape index (κ1) is 12.4. The zero-order valence-electron chi connectivity index (χ0n) is 11.3. The Hall–Kier alpha value is -2.62. The summed E-state index contributed by atoms with van der Waals surface area (Å²) in [6.07, 6.45) is 7.38. The number of rotatable bonds is 3. The smallest absolute Gasteiger partial charge is 0.0952 e. The molecule has 0 aliphatic heterocycles. The van der Waals surface area contributed by atoms with Gasteiger partial charge < -0.3 is 10.3 Å². The molecule has 20 heavy (non-hydrogen) atoms. The second-order valence-electron chi connectivity index (χ2n) is 4.74. The van der Waals surface area contributed by atoms with Crippen LogP contribution in [-0.2, 0) is 0 Å². The van der Waals surface area contributed by atoms with Crippen molar-refractivity contribution in [3.63, 3.8) is 0 Å². The molecule has 0 bridgehead atoms. The second-order valence-corrected chi connectivity index (χ2v) is 4.74. The third-order valence-electron chi connectivity index (χ3n) is 3.46. The summed E-state index contributed by atoms with van der Waals surface area (Å²) in [6, 6.07) is 12.1. The van der Waals surface area contributed by atoms with Crippen LogP contribution in [0.3, 0.4) is 0 Å². The van der Waals surface area contributed by atoms with Crippen molar-refractivity contribution in [1.29, 1.82) is 0 Å². The van der Waals surface area contributed by atoms with Crippen molar-refractivity contribution in [2.75, 3.05) is 5.73 Å². The highest BCUT2D eigenvalue weighted by Crippen LogP contribution is 2.26. The standard InChI is InChI=1S/C16H16N4/c1-12(20-9-8-18-11-20)16-7-6-13(10-19-16)14-4-2-3-5-15(14)17/h2-12H,17H2,1H3/t12-/m0/s1. The minimum absolute atomic E-state index is 0.166. The first-order valence-electron chi connectivity index (χ1n) is 6.54. The van der Waals surface area contributed by atoms with E-state index < -0.39 is 0 Å². The molecule has 3 aromatic rings. The number of nitrogens with zero attached hydrogens (tertiary/aromatic N) is 3. The van der Waals surface area contributed by atoms with Crippen LogP contribution >= 0.6 is 0 Å². The molecule has 0 aliphatic carbocycles. The van der Waals surface area contributed by atoms with Crippen LogP contribution in [0.1, 0.15) is 18.7 Å². The fourth-order valence-corrected chi connectivity index (χ4v) is 2.22. The lowest BCUT2D eigenvalue weighted by molar-refractivity contribution is 0.620. The summed E-state index contributed by atoms with van der Waals surface area (Å²) in [5.41, 5.74) is 9.80. The molecule has 2 aromatic heterocycles. The maximum absolute atomic E-state index is 5.99. The Labute approximate surface area is 117 Å². The van der Waals surface area contributed by atoms with Gasteiger partial charge in [0.25, 0.3) is 0 Å². The Morgan fingerprint density at radius 3 is 2.65 bits per heavy atom. The lowest BCUT2D eigenvalue weighted by Crippen LogP contribution is -2.06. The summed E-state index contributed by atoms with van der Waals surface area (Å²) < 4.78 is 2.03. The van der Waals surface area contributed by atoms with Crippen LogP contribution in [-0.4, -0.2) is 14.5 Å².